The van der Waals surface area contributed by atoms with E-state index in [-0.39, 0.29) is 0 Å². The Morgan fingerprint density at radius 2 is 2.09 bits per heavy atom. The monoisotopic (exact) mass is 345 g/mol. The van der Waals surface area contributed by atoms with E-state index in [2.05, 4.69) is 10.5 Å². The van der Waals surface area contributed by atoms with Crippen molar-refractivity contribution in [1.29, 1.82) is 0 Å². The molecule has 0 aliphatic heterocycles. The fourth-order valence-electron chi connectivity index (χ4n) is 1.37. The molecule has 0 aliphatic carbocycles. The molecule has 0 spiro atoms. The lowest BCUT2D eigenvalue weighted by Gasteiger charge is -2.17. The van der Waals surface area contributed by atoms with Gasteiger partial charge in [0.2, 0.25) is 0 Å². The van der Waals surface area contributed by atoms with Crippen molar-refractivity contribution in [3.63, 3.8) is 0 Å². The molecule has 0 bridgehead atoms. The third-order valence-electron chi connectivity index (χ3n) is 2.23. The summed E-state index contributed by atoms with van der Waals surface area (Å²) in [6.45, 7) is 0.889. The van der Waals surface area contributed by atoms with Gasteiger partial charge in [-0.25, -0.2) is 14.8 Å². The zero-order chi connectivity index (χ0) is 16.4. The topological polar surface area (TPSA) is 103 Å². The Morgan fingerprint density at radius 1 is 1.41 bits per heavy atom. The van der Waals surface area contributed by atoms with E-state index in [1.807, 2.05) is 6.92 Å². The minimum Gasteiger partial charge on any atom is -0.417 e. The molecule has 0 saturated heterocycles. The normalized spacial score (nSPS) is 13.7. The van der Waals surface area contributed by atoms with E-state index >= 15 is 0 Å². The van der Waals surface area contributed by atoms with Crippen LogP contribution in [0.15, 0.2) is 29.4 Å². The molecule has 0 heterocycles. The highest BCUT2D eigenvalue weighted by molar-refractivity contribution is 8.55. The summed E-state index contributed by atoms with van der Waals surface area (Å²) in [6, 6.07) is 6.00. The van der Waals surface area contributed by atoms with Crippen molar-refractivity contribution in [1.82, 2.24) is 5.43 Å². The van der Waals surface area contributed by atoms with Crippen molar-refractivity contribution in [2.75, 3.05) is 12.4 Å². The average molecular weight is 345 g/mol. The standard InChI is InChI=1S/C13H20N3O4PS/c1-3-9-22-21(18,19-4-2)20-12-7-5-11(6-8-12)10-15-16-13(14)17/h5-8,10H,3-4,9H2,1-2H3,(H3,14,16,17). The van der Waals surface area contributed by atoms with Crippen LogP contribution < -0.4 is 15.7 Å². The highest BCUT2D eigenvalue weighted by atomic mass is 32.7. The van der Waals surface area contributed by atoms with Crippen molar-refractivity contribution < 1.29 is 18.4 Å². The first-order valence-corrected chi connectivity index (χ1v) is 9.89. The molecule has 0 fully saturated rings. The van der Waals surface area contributed by atoms with Gasteiger partial charge in [-0.1, -0.05) is 6.92 Å². The number of urea groups is 1. The maximum absolute atomic E-state index is 12.5. The van der Waals surface area contributed by atoms with Gasteiger partial charge in [-0.3, -0.25) is 4.52 Å². The smallest absolute Gasteiger partial charge is 0.417 e. The van der Waals surface area contributed by atoms with Gasteiger partial charge in [0.1, 0.15) is 5.75 Å². The molecule has 1 unspecified atom stereocenters. The van der Waals surface area contributed by atoms with Gasteiger partial charge in [0, 0.05) is 5.75 Å². The second kappa shape index (κ2) is 9.50. The van der Waals surface area contributed by atoms with Crippen LogP contribution in [0.1, 0.15) is 25.8 Å². The fourth-order valence-corrected chi connectivity index (χ4v) is 4.82. The average Bonchev–Trinajstić information content (AvgIpc) is 2.47. The summed E-state index contributed by atoms with van der Waals surface area (Å²) in [5.41, 5.74) is 7.71. The van der Waals surface area contributed by atoms with Gasteiger partial charge in [0.15, 0.2) is 0 Å². The van der Waals surface area contributed by atoms with Crippen molar-refractivity contribution in [3.8, 4) is 5.75 Å². The second-order valence-electron chi connectivity index (χ2n) is 4.09. The summed E-state index contributed by atoms with van der Waals surface area (Å²) in [5.74, 6) is 1.14. The van der Waals surface area contributed by atoms with Crippen LogP contribution in [-0.2, 0) is 9.09 Å². The van der Waals surface area contributed by atoms with E-state index in [4.69, 9.17) is 14.8 Å². The molecule has 7 nitrogen and oxygen atoms in total. The quantitative estimate of drug-likeness (QED) is 0.406. The van der Waals surface area contributed by atoms with Crippen LogP contribution in [0.5, 0.6) is 5.75 Å². The molecule has 122 valence electrons. The van der Waals surface area contributed by atoms with Crippen LogP contribution in [0.3, 0.4) is 0 Å². The molecule has 9 heteroatoms. The van der Waals surface area contributed by atoms with Gasteiger partial charge < -0.3 is 10.3 Å². The molecule has 1 rings (SSSR count). The number of amides is 2. The van der Waals surface area contributed by atoms with Crippen LogP contribution in [0.4, 0.5) is 4.79 Å². The molecule has 22 heavy (non-hydrogen) atoms. The number of nitrogens with zero attached hydrogens (tertiary/aromatic N) is 1. The lowest BCUT2D eigenvalue weighted by Crippen LogP contribution is -2.24. The number of hydrogen-bond acceptors (Lipinski definition) is 6. The van der Waals surface area contributed by atoms with E-state index in [1.54, 1.807) is 31.2 Å². The summed E-state index contributed by atoms with van der Waals surface area (Å²) in [5, 5.41) is 3.64. The third-order valence-corrected chi connectivity index (χ3v) is 6.18. The van der Waals surface area contributed by atoms with E-state index < -0.39 is 12.8 Å². The summed E-state index contributed by atoms with van der Waals surface area (Å²) in [6.07, 6.45) is 2.32. The summed E-state index contributed by atoms with van der Waals surface area (Å²) in [4.78, 5) is 10.5. The van der Waals surface area contributed by atoms with Crippen molar-refractivity contribution >= 4 is 30.4 Å². The Morgan fingerprint density at radius 3 is 2.64 bits per heavy atom. The predicted molar refractivity (Wildman–Crippen MR) is 89.4 cm³/mol. The van der Waals surface area contributed by atoms with Crippen LogP contribution in [0.2, 0.25) is 0 Å². The Hall–Kier alpha value is -1.50. The van der Waals surface area contributed by atoms with Crippen molar-refractivity contribution in [2.24, 2.45) is 10.8 Å². The van der Waals surface area contributed by atoms with E-state index in [9.17, 15) is 9.36 Å². The summed E-state index contributed by atoms with van der Waals surface area (Å²) >= 11 is 1.19. The minimum absolute atomic E-state index is 0.317. The molecule has 1 aromatic carbocycles. The Balaban J connectivity index is 2.70. The van der Waals surface area contributed by atoms with Gasteiger partial charge in [0.25, 0.3) is 0 Å². The maximum Gasteiger partial charge on any atom is 0.440 e. The Labute approximate surface area is 133 Å². The number of primary amides is 1. The predicted octanol–water partition coefficient (Wildman–Crippen LogP) is 3.36. The Bertz CT molecular complexity index is 551. The molecule has 1 atom stereocenters. The lowest BCUT2D eigenvalue weighted by atomic mass is 10.2. The molecule has 2 amide bonds. The van der Waals surface area contributed by atoms with Gasteiger partial charge >= 0.3 is 12.8 Å². The first kappa shape index (κ1) is 18.5. The number of hydrogen-bond donors (Lipinski definition) is 2. The summed E-state index contributed by atoms with van der Waals surface area (Å²) < 4.78 is 23.3. The number of carbonyl (C=O) groups is 1. The van der Waals surface area contributed by atoms with Crippen molar-refractivity contribution in [3.05, 3.63) is 29.8 Å². The molecular weight excluding hydrogens is 325 g/mol. The van der Waals surface area contributed by atoms with Crippen LogP contribution >= 0.6 is 18.2 Å². The molecule has 0 aliphatic rings. The molecular formula is C13H20N3O4PS. The van der Waals surface area contributed by atoms with Gasteiger partial charge in [-0.05, 0) is 54.6 Å². The van der Waals surface area contributed by atoms with Crippen molar-refractivity contribution in [2.45, 2.75) is 20.3 Å². The second-order valence-corrected chi connectivity index (χ2v) is 8.21. The lowest BCUT2D eigenvalue weighted by molar-refractivity contribution is 0.249. The highest BCUT2D eigenvalue weighted by Crippen LogP contribution is 2.60. The van der Waals surface area contributed by atoms with E-state index in [0.717, 1.165) is 12.0 Å². The number of carbonyl (C=O) groups excluding carboxylic acids is 1. The fraction of sp³-hybridized carbons (Fsp3) is 0.385. The number of nitrogens with one attached hydrogen (secondary N) is 1. The summed E-state index contributed by atoms with van der Waals surface area (Å²) in [7, 11) is 0. The van der Waals surface area contributed by atoms with E-state index in [1.165, 1.54) is 17.6 Å². The van der Waals surface area contributed by atoms with Crippen LogP contribution in [0, 0.1) is 0 Å². The maximum atomic E-state index is 12.5. The molecule has 0 saturated carbocycles. The van der Waals surface area contributed by atoms with Gasteiger partial charge in [-0.2, -0.15) is 5.10 Å². The first-order chi connectivity index (χ1) is 10.5. The number of nitrogens with two attached hydrogens (primary N) is 1. The van der Waals surface area contributed by atoms with Crippen LogP contribution in [-0.4, -0.2) is 24.6 Å². The van der Waals surface area contributed by atoms with E-state index in [0.29, 0.717) is 18.1 Å². The highest BCUT2D eigenvalue weighted by Gasteiger charge is 2.26. The molecule has 0 radical (unpaired) electrons. The van der Waals surface area contributed by atoms with Gasteiger partial charge in [0.05, 0.1) is 12.8 Å². The molecule has 1 aromatic rings. The number of rotatable bonds is 9. The minimum atomic E-state index is -3.20. The first-order valence-electron chi connectivity index (χ1n) is 6.76. The third kappa shape index (κ3) is 6.98. The van der Waals surface area contributed by atoms with Gasteiger partial charge in [-0.15, -0.1) is 0 Å². The SMILES string of the molecule is CCCSP(=O)(OCC)Oc1ccc(C=NNC(N)=O)cc1. The zero-order valence-electron chi connectivity index (χ0n) is 12.5. The Kier molecular flexibility index (Phi) is 8.01. The van der Waals surface area contributed by atoms with Crippen LogP contribution in [0.25, 0.3) is 0 Å². The molecule has 0 aromatic heterocycles. The largest absolute Gasteiger partial charge is 0.440 e. The number of benzene rings is 1. The zero-order valence-corrected chi connectivity index (χ0v) is 14.2. The number of hydrazone groups is 1. The molecule has 3 N–H and O–H groups in total.